The van der Waals surface area contributed by atoms with E-state index in [2.05, 4.69) is 47.8 Å². The van der Waals surface area contributed by atoms with E-state index in [1.165, 1.54) is 12.1 Å². The van der Waals surface area contributed by atoms with Crippen molar-refractivity contribution in [1.29, 1.82) is 0 Å². The second-order valence-corrected chi connectivity index (χ2v) is 6.36. The largest absolute Gasteiger partial charge is 0.207 e. The molecule has 0 spiro atoms. The molecule has 0 saturated heterocycles. The van der Waals surface area contributed by atoms with Gasteiger partial charge in [0.25, 0.3) is 0 Å². The first-order valence-corrected chi connectivity index (χ1v) is 7.42. The second-order valence-electron chi connectivity index (χ2n) is 3.62. The van der Waals surface area contributed by atoms with Gasteiger partial charge in [0.15, 0.2) is 0 Å². The molecule has 0 aliphatic rings. The van der Waals surface area contributed by atoms with Gasteiger partial charge in [0, 0.05) is 8.95 Å². The molecule has 0 aliphatic carbocycles. The summed E-state index contributed by atoms with van der Waals surface area (Å²) in [5, 5.41) is 0. The molecule has 0 aliphatic heterocycles. The molecule has 0 bridgehead atoms. The van der Waals surface area contributed by atoms with E-state index in [1.54, 1.807) is 0 Å². The quantitative estimate of drug-likeness (QED) is 0.534. The Morgan fingerprint density at radius 2 is 1.47 bits per heavy atom. The van der Waals surface area contributed by atoms with E-state index in [-0.39, 0.29) is 10.6 Å². The zero-order valence-electron chi connectivity index (χ0n) is 8.63. The van der Waals surface area contributed by atoms with Crippen LogP contribution in [0.15, 0.2) is 51.4 Å². The molecule has 0 heterocycles. The predicted molar refractivity (Wildman–Crippen MR) is 79.0 cm³/mol. The van der Waals surface area contributed by atoms with Crippen molar-refractivity contribution >= 4 is 47.8 Å². The Labute approximate surface area is 125 Å². The highest BCUT2D eigenvalue weighted by Crippen LogP contribution is 2.33. The van der Waals surface area contributed by atoms with Crippen LogP contribution in [-0.2, 0) is 0 Å². The molecule has 0 nitrogen and oxygen atoms in total. The maximum Gasteiger partial charge on any atom is 0.124 e. The lowest BCUT2D eigenvalue weighted by molar-refractivity contribution is 0.625. The summed E-state index contributed by atoms with van der Waals surface area (Å²) in [6, 6.07) is 12.8. The number of halogens is 4. The molecule has 0 saturated carbocycles. The van der Waals surface area contributed by atoms with Crippen LogP contribution < -0.4 is 0 Å². The fraction of sp³-hybridized carbons (Fsp3) is 0.0769. The van der Waals surface area contributed by atoms with Gasteiger partial charge >= 0.3 is 0 Å². The van der Waals surface area contributed by atoms with E-state index in [0.717, 1.165) is 20.1 Å². The van der Waals surface area contributed by atoms with Crippen molar-refractivity contribution < 1.29 is 4.39 Å². The molecule has 2 rings (SSSR count). The fourth-order valence-electron chi connectivity index (χ4n) is 1.55. The predicted octanol–water partition coefficient (Wildman–Crippen LogP) is 5.84. The van der Waals surface area contributed by atoms with Crippen LogP contribution >= 0.6 is 47.8 Å². The molecule has 0 amide bonds. The Morgan fingerprint density at radius 3 is 2.06 bits per heavy atom. The van der Waals surface area contributed by atoms with Crippen LogP contribution in [0.3, 0.4) is 0 Å². The Balaban J connectivity index is 2.36. The Bertz CT molecular complexity index is 502. The first-order chi connectivity index (χ1) is 8.06. The lowest BCUT2D eigenvalue weighted by Gasteiger charge is -2.11. The number of rotatable bonds is 2. The van der Waals surface area contributed by atoms with Gasteiger partial charge in [-0.1, -0.05) is 59.9 Å². The average Bonchev–Trinajstić information content (AvgIpc) is 2.28. The van der Waals surface area contributed by atoms with E-state index in [9.17, 15) is 4.39 Å². The monoisotopic (exact) mass is 420 g/mol. The molecule has 0 N–H and O–H groups in total. The topological polar surface area (TPSA) is 0 Å². The minimum Gasteiger partial charge on any atom is -0.207 e. The van der Waals surface area contributed by atoms with Gasteiger partial charge in [-0.2, -0.15) is 0 Å². The van der Waals surface area contributed by atoms with Gasteiger partial charge in [0.05, 0.1) is 4.83 Å². The van der Waals surface area contributed by atoms with Crippen LogP contribution in [0.4, 0.5) is 4.39 Å². The Morgan fingerprint density at radius 1 is 0.824 bits per heavy atom. The van der Waals surface area contributed by atoms with Crippen molar-refractivity contribution in [2.45, 2.75) is 4.83 Å². The summed E-state index contributed by atoms with van der Waals surface area (Å²) in [4.78, 5) is -0.0115. The number of hydrogen-bond acceptors (Lipinski definition) is 0. The maximum atomic E-state index is 13.3. The van der Waals surface area contributed by atoms with Gasteiger partial charge in [-0.3, -0.25) is 0 Å². The van der Waals surface area contributed by atoms with Crippen molar-refractivity contribution in [3.05, 3.63) is 68.4 Å². The third-order valence-corrected chi connectivity index (χ3v) is 4.38. The van der Waals surface area contributed by atoms with Gasteiger partial charge in [-0.15, -0.1) is 0 Å². The van der Waals surface area contributed by atoms with Crippen molar-refractivity contribution in [3.63, 3.8) is 0 Å². The van der Waals surface area contributed by atoms with E-state index >= 15 is 0 Å². The van der Waals surface area contributed by atoms with Crippen LogP contribution in [0, 0.1) is 5.82 Å². The smallest absolute Gasteiger partial charge is 0.124 e. The first-order valence-electron chi connectivity index (χ1n) is 4.92. The molecular formula is C13H8Br3F. The van der Waals surface area contributed by atoms with Crippen LogP contribution in [0.2, 0.25) is 0 Å². The van der Waals surface area contributed by atoms with E-state index in [1.807, 2.05) is 30.3 Å². The lowest BCUT2D eigenvalue weighted by atomic mass is 10.1. The third-order valence-electron chi connectivity index (χ3n) is 2.34. The van der Waals surface area contributed by atoms with Crippen molar-refractivity contribution in [2.24, 2.45) is 0 Å². The minimum atomic E-state index is -0.240. The molecule has 0 fully saturated rings. The van der Waals surface area contributed by atoms with E-state index in [4.69, 9.17) is 0 Å². The van der Waals surface area contributed by atoms with Crippen molar-refractivity contribution in [3.8, 4) is 0 Å². The van der Waals surface area contributed by atoms with Crippen LogP contribution in [-0.4, -0.2) is 0 Å². The molecular weight excluding hydrogens is 415 g/mol. The van der Waals surface area contributed by atoms with Gasteiger partial charge in [0.1, 0.15) is 5.82 Å². The zero-order chi connectivity index (χ0) is 12.4. The lowest BCUT2D eigenvalue weighted by Crippen LogP contribution is -1.93. The molecule has 2 aromatic carbocycles. The molecule has 0 aromatic heterocycles. The Hall–Kier alpha value is -0.190. The molecule has 4 heteroatoms. The molecule has 0 radical (unpaired) electrons. The highest BCUT2D eigenvalue weighted by atomic mass is 79.9. The van der Waals surface area contributed by atoms with Gasteiger partial charge < -0.3 is 0 Å². The normalized spacial score (nSPS) is 12.5. The van der Waals surface area contributed by atoms with Gasteiger partial charge in [0.2, 0.25) is 0 Å². The van der Waals surface area contributed by atoms with E-state index in [0.29, 0.717) is 0 Å². The number of hydrogen-bond donors (Lipinski definition) is 0. The summed E-state index contributed by atoms with van der Waals surface area (Å²) in [7, 11) is 0. The average molecular weight is 423 g/mol. The minimum absolute atomic E-state index is 0.0115. The molecule has 1 atom stereocenters. The molecule has 2 aromatic rings. The van der Waals surface area contributed by atoms with Crippen LogP contribution in [0.5, 0.6) is 0 Å². The van der Waals surface area contributed by atoms with Crippen LogP contribution in [0.25, 0.3) is 0 Å². The molecule has 17 heavy (non-hydrogen) atoms. The summed E-state index contributed by atoms with van der Waals surface area (Å²) in [6.45, 7) is 0. The summed E-state index contributed by atoms with van der Waals surface area (Å²) >= 11 is 10.3. The van der Waals surface area contributed by atoms with Gasteiger partial charge in [-0.05, 0) is 41.5 Å². The number of alkyl halides is 1. The molecule has 88 valence electrons. The second kappa shape index (κ2) is 5.63. The number of benzene rings is 2. The summed E-state index contributed by atoms with van der Waals surface area (Å²) in [5.74, 6) is -0.240. The summed E-state index contributed by atoms with van der Waals surface area (Å²) in [6.07, 6.45) is 0. The summed E-state index contributed by atoms with van der Waals surface area (Å²) in [5.41, 5.74) is 1.98. The molecule has 1 unspecified atom stereocenters. The zero-order valence-corrected chi connectivity index (χ0v) is 13.4. The van der Waals surface area contributed by atoms with Crippen LogP contribution in [0.1, 0.15) is 16.0 Å². The standard InChI is InChI=1S/C13H8Br3F/c14-10-3-1-8(2-4-10)13(16)9-5-11(15)7-12(17)6-9/h1-7,13H. The fourth-order valence-corrected chi connectivity index (χ4v) is 2.86. The maximum absolute atomic E-state index is 13.3. The Kier molecular flexibility index (Phi) is 4.39. The third kappa shape index (κ3) is 3.39. The SMILES string of the molecule is Fc1cc(Br)cc(C(Br)c2ccc(Br)cc2)c1. The van der Waals surface area contributed by atoms with E-state index < -0.39 is 0 Å². The highest BCUT2D eigenvalue weighted by molar-refractivity contribution is 9.10. The van der Waals surface area contributed by atoms with Crippen molar-refractivity contribution in [1.82, 2.24) is 0 Å². The van der Waals surface area contributed by atoms with Crippen molar-refractivity contribution in [2.75, 3.05) is 0 Å². The van der Waals surface area contributed by atoms with Gasteiger partial charge in [-0.25, -0.2) is 4.39 Å². The first kappa shape index (κ1) is 13.2. The summed E-state index contributed by atoms with van der Waals surface area (Å²) < 4.78 is 15.1. The highest BCUT2D eigenvalue weighted by Gasteiger charge is 2.11.